The summed E-state index contributed by atoms with van der Waals surface area (Å²) in [5.74, 6) is 0.407. The van der Waals surface area contributed by atoms with Crippen molar-refractivity contribution in [1.29, 1.82) is 0 Å². The van der Waals surface area contributed by atoms with Crippen LogP contribution in [0.4, 0.5) is 5.13 Å². The molecule has 1 fully saturated rings. The van der Waals surface area contributed by atoms with Crippen LogP contribution in [0.1, 0.15) is 13.3 Å². The first kappa shape index (κ1) is 16.5. The topological polar surface area (TPSA) is 92.3 Å². The predicted octanol–water partition coefficient (Wildman–Crippen LogP) is 0.707. The maximum Gasteiger partial charge on any atom is 0.233 e. The van der Waals surface area contributed by atoms with Gasteiger partial charge in [-0.3, -0.25) is 4.79 Å². The van der Waals surface area contributed by atoms with Gasteiger partial charge in [-0.1, -0.05) is 23.1 Å². The number of nitrogens with one attached hydrogen (secondary N) is 1. The maximum atomic E-state index is 12.1. The van der Waals surface area contributed by atoms with Gasteiger partial charge in [0.15, 0.2) is 14.2 Å². The second kappa shape index (κ2) is 6.93. The van der Waals surface area contributed by atoms with E-state index in [-0.39, 0.29) is 29.2 Å². The number of sulfone groups is 1. The number of aromatic nitrogens is 2. The Balaban J connectivity index is 1.83. The number of hydrogen-bond donors (Lipinski definition) is 1. The summed E-state index contributed by atoms with van der Waals surface area (Å²) in [6, 6.07) is -0.199. The highest BCUT2D eigenvalue weighted by Crippen LogP contribution is 2.26. The van der Waals surface area contributed by atoms with E-state index in [9.17, 15) is 13.2 Å². The molecule has 10 heteroatoms. The van der Waals surface area contributed by atoms with Crippen LogP contribution in [0.5, 0.6) is 0 Å². The van der Waals surface area contributed by atoms with E-state index in [1.165, 1.54) is 23.1 Å². The molecular weight excluding hydrogens is 332 g/mol. The Kier molecular flexibility index (Phi) is 5.44. The minimum absolute atomic E-state index is 0.0727. The van der Waals surface area contributed by atoms with E-state index in [0.717, 1.165) is 16.0 Å². The fraction of sp³-hybridized carbons (Fsp3) is 0.727. The van der Waals surface area contributed by atoms with Gasteiger partial charge < -0.3 is 10.2 Å². The SMILES string of the molecule is CCNc1nnc(SCC(=O)N(C)[C@H]2CCS(=O)(=O)C2)s1. The summed E-state index contributed by atoms with van der Waals surface area (Å²) in [6.45, 7) is 2.75. The van der Waals surface area contributed by atoms with Gasteiger partial charge in [0.05, 0.1) is 17.3 Å². The van der Waals surface area contributed by atoms with Crippen LogP contribution < -0.4 is 5.32 Å². The van der Waals surface area contributed by atoms with Gasteiger partial charge in [-0.05, 0) is 13.3 Å². The van der Waals surface area contributed by atoms with Gasteiger partial charge in [-0.15, -0.1) is 10.2 Å². The van der Waals surface area contributed by atoms with Crippen LogP contribution in [-0.4, -0.2) is 66.3 Å². The fourth-order valence-corrected chi connectivity index (χ4v) is 5.52. The van der Waals surface area contributed by atoms with E-state index in [0.29, 0.717) is 6.42 Å². The van der Waals surface area contributed by atoms with Crippen LogP contribution in [-0.2, 0) is 14.6 Å². The molecule has 0 aliphatic carbocycles. The Morgan fingerprint density at radius 2 is 2.29 bits per heavy atom. The summed E-state index contributed by atoms with van der Waals surface area (Å²) >= 11 is 2.73. The Labute approximate surface area is 132 Å². The van der Waals surface area contributed by atoms with Gasteiger partial charge in [-0.25, -0.2) is 8.42 Å². The molecule has 0 aromatic carbocycles. The molecule has 0 bridgehead atoms. The molecule has 1 aliphatic rings. The van der Waals surface area contributed by atoms with E-state index in [1.807, 2.05) is 6.92 Å². The number of amides is 1. The summed E-state index contributed by atoms with van der Waals surface area (Å²) in [7, 11) is -1.31. The van der Waals surface area contributed by atoms with Crippen molar-refractivity contribution < 1.29 is 13.2 Å². The van der Waals surface area contributed by atoms with Crippen LogP contribution in [0.3, 0.4) is 0 Å². The molecule has 1 saturated heterocycles. The van der Waals surface area contributed by atoms with Crippen molar-refractivity contribution in [3.8, 4) is 0 Å². The van der Waals surface area contributed by atoms with Crippen molar-refractivity contribution in [2.45, 2.75) is 23.7 Å². The quantitative estimate of drug-likeness (QED) is 0.755. The second-order valence-electron chi connectivity index (χ2n) is 4.75. The highest BCUT2D eigenvalue weighted by Gasteiger charge is 2.32. The van der Waals surface area contributed by atoms with Crippen LogP contribution >= 0.6 is 23.1 Å². The molecule has 1 amide bonds. The Hall–Kier alpha value is -0.870. The van der Waals surface area contributed by atoms with E-state index in [2.05, 4.69) is 15.5 Å². The number of rotatable bonds is 6. The molecule has 0 saturated carbocycles. The van der Waals surface area contributed by atoms with Crippen LogP contribution in [0.2, 0.25) is 0 Å². The molecule has 1 N–H and O–H groups in total. The summed E-state index contributed by atoms with van der Waals surface area (Å²) in [5, 5.41) is 11.7. The molecule has 1 aromatic heterocycles. The largest absolute Gasteiger partial charge is 0.360 e. The first-order chi connectivity index (χ1) is 9.91. The third kappa shape index (κ3) is 4.55. The number of anilines is 1. The summed E-state index contributed by atoms with van der Waals surface area (Å²) < 4.78 is 23.6. The molecule has 21 heavy (non-hydrogen) atoms. The molecule has 2 heterocycles. The molecule has 118 valence electrons. The lowest BCUT2D eigenvalue weighted by Gasteiger charge is -2.22. The molecule has 0 unspecified atom stereocenters. The van der Waals surface area contributed by atoms with Gasteiger partial charge >= 0.3 is 0 Å². The molecule has 1 aliphatic heterocycles. The third-order valence-electron chi connectivity index (χ3n) is 3.20. The highest BCUT2D eigenvalue weighted by molar-refractivity contribution is 8.01. The zero-order valence-corrected chi connectivity index (χ0v) is 14.4. The van der Waals surface area contributed by atoms with Crippen LogP contribution in [0, 0.1) is 0 Å². The maximum absolute atomic E-state index is 12.1. The van der Waals surface area contributed by atoms with Crippen LogP contribution in [0.25, 0.3) is 0 Å². The lowest BCUT2D eigenvalue weighted by molar-refractivity contribution is -0.128. The average Bonchev–Trinajstić information content (AvgIpc) is 3.02. The summed E-state index contributed by atoms with van der Waals surface area (Å²) in [6.07, 6.45) is 0.526. The summed E-state index contributed by atoms with van der Waals surface area (Å²) in [4.78, 5) is 13.6. The van der Waals surface area contributed by atoms with Gasteiger partial charge in [0, 0.05) is 19.6 Å². The number of thioether (sulfide) groups is 1. The molecule has 7 nitrogen and oxygen atoms in total. The zero-order valence-electron chi connectivity index (χ0n) is 11.9. The third-order valence-corrected chi connectivity index (χ3v) is 6.95. The van der Waals surface area contributed by atoms with Crippen molar-refractivity contribution in [1.82, 2.24) is 15.1 Å². The molecule has 2 rings (SSSR count). The minimum Gasteiger partial charge on any atom is -0.360 e. The number of nitrogens with zero attached hydrogens (tertiary/aromatic N) is 3. The second-order valence-corrected chi connectivity index (χ2v) is 9.18. The first-order valence-corrected chi connectivity index (χ1v) is 10.2. The van der Waals surface area contributed by atoms with Gasteiger partial charge in [-0.2, -0.15) is 0 Å². The highest BCUT2D eigenvalue weighted by atomic mass is 32.2. The number of hydrogen-bond acceptors (Lipinski definition) is 8. The van der Waals surface area contributed by atoms with Gasteiger partial charge in [0.2, 0.25) is 11.0 Å². The van der Waals surface area contributed by atoms with Crippen molar-refractivity contribution in [3.05, 3.63) is 0 Å². The first-order valence-electron chi connectivity index (χ1n) is 6.57. The van der Waals surface area contributed by atoms with E-state index in [1.54, 1.807) is 11.9 Å². The van der Waals surface area contributed by atoms with Crippen molar-refractivity contribution in [3.63, 3.8) is 0 Å². The normalized spacial score (nSPS) is 20.4. The summed E-state index contributed by atoms with van der Waals surface area (Å²) in [5.41, 5.74) is 0. The smallest absolute Gasteiger partial charge is 0.233 e. The molecule has 0 radical (unpaired) electrons. The Morgan fingerprint density at radius 3 is 2.90 bits per heavy atom. The standard InChI is InChI=1S/C11H18N4O3S3/c1-3-12-10-13-14-11(20-10)19-6-9(16)15(2)8-4-5-21(17,18)7-8/h8H,3-7H2,1-2H3,(H,12,13)/t8-/m0/s1. The predicted molar refractivity (Wildman–Crippen MR) is 84.6 cm³/mol. The molecule has 0 spiro atoms. The number of carbonyl (C=O) groups is 1. The van der Waals surface area contributed by atoms with Crippen molar-refractivity contribution in [2.24, 2.45) is 0 Å². The van der Waals surface area contributed by atoms with E-state index in [4.69, 9.17) is 0 Å². The number of carbonyl (C=O) groups excluding carboxylic acids is 1. The van der Waals surface area contributed by atoms with E-state index < -0.39 is 9.84 Å². The monoisotopic (exact) mass is 350 g/mol. The zero-order chi connectivity index (χ0) is 15.5. The van der Waals surface area contributed by atoms with Gasteiger partial charge in [0.1, 0.15) is 0 Å². The lowest BCUT2D eigenvalue weighted by Crippen LogP contribution is -2.38. The Morgan fingerprint density at radius 1 is 1.52 bits per heavy atom. The molecular formula is C11H18N4O3S3. The van der Waals surface area contributed by atoms with Gasteiger partial charge in [0.25, 0.3) is 0 Å². The minimum atomic E-state index is -2.97. The lowest BCUT2D eigenvalue weighted by atomic mass is 10.2. The Bertz CT molecular complexity index is 602. The average molecular weight is 350 g/mol. The fourth-order valence-electron chi connectivity index (χ4n) is 2.00. The molecule has 1 atom stereocenters. The van der Waals surface area contributed by atoms with Crippen molar-refractivity contribution in [2.75, 3.05) is 36.2 Å². The van der Waals surface area contributed by atoms with E-state index >= 15 is 0 Å². The van der Waals surface area contributed by atoms with Crippen LogP contribution in [0.15, 0.2) is 4.34 Å². The van der Waals surface area contributed by atoms with Crippen molar-refractivity contribution >= 4 is 44.0 Å². The molecule has 1 aromatic rings.